The van der Waals surface area contributed by atoms with Gasteiger partial charge in [0.1, 0.15) is 22.0 Å². The van der Waals surface area contributed by atoms with Crippen LogP contribution >= 0.6 is 0 Å². The Hall–Kier alpha value is -1.34. The zero-order valence-corrected chi connectivity index (χ0v) is 13.3. The monoisotopic (exact) mass is 315 g/mol. The Balaban J connectivity index is 2.30. The topological polar surface area (TPSA) is 96.6 Å². The van der Waals surface area contributed by atoms with Crippen molar-refractivity contribution in [2.24, 2.45) is 5.92 Å². The summed E-state index contributed by atoms with van der Waals surface area (Å²) in [4.78, 5) is 11.0. The van der Waals surface area contributed by atoms with Gasteiger partial charge >= 0.3 is 5.97 Å². The fourth-order valence-corrected chi connectivity index (χ4v) is 4.60. The molecule has 0 atom stereocenters. The maximum absolute atomic E-state index is 12.5. The SMILES string of the molecule is Cc1oc(C)c(S(=O)(=O)NC2CCC(C)CC2)c1C(=O)O. The maximum Gasteiger partial charge on any atom is 0.340 e. The van der Waals surface area contributed by atoms with Crippen LogP contribution in [-0.2, 0) is 10.0 Å². The summed E-state index contributed by atoms with van der Waals surface area (Å²) in [6.07, 6.45) is 3.50. The Kier molecular flexibility index (Phi) is 4.43. The zero-order chi connectivity index (χ0) is 15.8. The molecule has 0 saturated heterocycles. The van der Waals surface area contributed by atoms with Gasteiger partial charge in [-0.25, -0.2) is 17.9 Å². The lowest BCUT2D eigenvalue weighted by molar-refractivity contribution is 0.0691. The summed E-state index contributed by atoms with van der Waals surface area (Å²) < 4.78 is 32.8. The van der Waals surface area contributed by atoms with Gasteiger partial charge in [0.25, 0.3) is 0 Å². The summed E-state index contributed by atoms with van der Waals surface area (Å²) in [5.74, 6) is -0.459. The molecular weight excluding hydrogens is 294 g/mol. The van der Waals surface area contributed by atoms with E-state index < -0.39 is 16.0 Å². The highest BCUT2D eigenvalue weighted by atomic mass is 32.2. The summed E-state index contributed by atoms with van der Waals surface area (Å²) in [6, 6.07) is -0.137. The van der Waals surface area contributed by atoms with E-state index in [1.165, 1.54) is 13.8 Å². The number of carboxylic acids is 1. The van der Waals surface area contributed by atoms with Crippen LogP contribution in [0.3, 0.4) is 0 Å². The van der Waals surface area contributed by atoms with Gasteiger partial charge in [0, 0.05) is 6.04 Å². The van der Waals surface area contributed by atoms with Crippen LogP contribution in [0.15, 0.2) is 9.31 Å². The minimum atomic E-state index is -3.89. The minimum Gasteiger partial charge on any atom is -0.478 e. The van der Waals surface area contributed by atoms with E-state index in [0.717, 1.165) is 25.7 Å². The molecule has 0 aromatic carbocycles. The molecule has 1 fully saturated rings. The van der Waals surface area contributed by atoms with Crippen LogP contribution in [0.2, 0.25) is 0 Å². The van der Waals surface area contributed by atoms with Crippen molar-refractivity contribution in [3.8, 4) is 0 Å². The molecule has 0 radical (unpaired) electrons. The summed E-state index contributed by atoms with van der Waals surface area (Å²) in [7, 11) is -3.89. The molecule has 21 heavy (non-hydrogen) atoms. The molecule has 1 aliphatic rings. The summed E-state index contributed by atoms with van der Waals surface area (Å²) >= 11 is 0. The van der Waals surface area contributed by atoms with Gasteiger partial charge in [-0.15, -0.1) is 0 Å². The molecule has 1 aromatic rings. The van der Waals surface area contributed by atoms with E-state index >= 15 is 0 Å². The highest BCUT2D eigenvalue weighted by molar-refractivity contribution is 7.89. The van der Waals surface area contributed by atoms with Gasteiger partial charge in [0.15, 0.2) is 0 Å². The quantitative estimate of drug-likeness (QED) is 0.889. The van der Waals surface area contributed by atoms with Gasteiger partial charge in [0.2, 0.25) is 10.0 Å². The van der Waals surface area contributed by atoms with Crippen molar-refractivity contribution in [1.29, 1.82) is 0 Å². The van der Waals surface area contributed by atoms with Crippen LogP contribution in [0.4, 0.5) is 0 Å². The lowest BCUT2D eigenvalue weighted by atomic mass is 9.88. The number of aromatic carboxylic acids is 1. The molecule has 7 heteroatoms. The molecular formula is C14H21NO5S. The third-order valence-electron chi connectivity index (χ3n) is 4.03. The van der Waals surface area contributed by atoms with Crippen LogP contribution in [-0.4, -0.2) is 25.5 Å². The number of aryl methyl sites for hydroxylation is 2. The van der Waals surface area contributed by atoms with E-state index in [-0.39, 0.29) is 28.0 Å². The summed E-state index contributed by atoms with van der Waals surface area (Å²) in [5.41, 5.74) is -0.274. The molecule has 1 aromatic heterocycles. The molecule has 0 spiro atoms. The fraction of sp³-hybridized carbons (Fsp3) is 0.643. The van der Waals surface area contributed by atoms with E-state index in [2.05, 4.69) is 11.6 Å². The summed E-state index contributed by atoms with van der Waals surface area (Å²) in [6.45, 7) is 5.07. The molecule has 0 amide bonds. The van der Waals surface area contributed by atoms with Gasteiger partial charge < -0.3 is 9.52 Å². The van der Waals surface area contributed by atoms with Crippen molar-refractivity contribution in [3.05, 3.63) is 17.1 Å². The largest absolute Gasteiger partial charge is 0.478 e. The first-order valence-corrected chi connectivity index (χ1v) is 8.56. The zero-order valence-electron chi connectivity index (χ0n) is 12.5. The van der Waals surface area contributed by atoms with Crippen LogP contribution in [0, 0.1) is 19.8 Å². The average molecular weight is 315 g/mol. The van der Waals surface area contributed by atoms with E-state index in [4.69, 9.17) is 4.42 Å². The molecule has 6 nitrogen and oxygen atoms in total. The van der Waals surface area contributed by atoms with Crippen LogP contribution in [0.5, 0.6) is 0 Å². The molecule has 1 aliphatic carbocycles. The molecule has 118 valence electrons. The second-order valence-corrected chi connectivity index (χ2v) is 7.45. The third kappa shape index (κ3) is 3.29. The number of rotatable bonds is 4. The molecule has 1 heterocycles. The standard InChI is InChI=1S/C14H21NO5S/c1-8-4-6-11(7-5-8)15-21(18,19)13-10(3)20-9(2)12(13)14(16)17/h8,11,15H,4-7H2,1-3H3,(H,16,17). The molecule has 0 bridgehead atoms. The fourth-order valence-electron chi connectivity index (χ4n) is 2.89. The first-order chi connectivity index (χ1) is 9.72. The number of hydrogen-bond donors (Lipinski definition) is 2. The van der Waals surface area contributed by atoms with E-state index in [0.29, 0.717) is 5.92 Å². The van der Waals surface area contributed by atoms with E-state index in [9.17, 15) is 18.3 Å². The lowest BCUT2D eigenvalue weighted by Crippen LogP contribution is -2.38. The van der Waals surface area contributed by atoms with Gasteiger partial charge in [-0.2, -0.15) is 0 Å². The lowest BCUT2D eigenvalue weighted by Gasteiger charge is -2.26. The van der Waals surface area contributed by atoms with Crippen molar-refractivity contribution in [2.45, 2.75) is 57.4 Å². The highest BCUT2D eigenvalue weighted by Crippen LogP contribution is 2.29. The van der Waals surface area contributed by atoms with Crippen LogP contribution in [0.1, 0.15) is 54.5 Å². The normalized spacial score (nSPS) is 23.2. The smallest absolute Gasteiger partial charge is 0.340 e. The van der Waals surface area contributed by atoms with Gasteiger partial charge in [0.05, 0.1) is 0 Å². The van der Waals surface area contributed by atoms with Gasteiger partial charge in [-0.3, -0.25) is 0 Å². The predicted molar refractivity (Wildman–Crippen MR) is 76.9 cm³/mol. The van der Waals surface area contributed by atoms with Crippen molar-refractivity contribution < 1.29 is 22.7 Å². The van der Waals surface area contributed by atoms with Crippen molar-refractivity contribution in [3.63, 3.8) is 0 Å². The summed E-state index contributed by atoms with van der Waals surface area (Å²) in [5, 5.41) is 9.21. The minimum absolute atomic E-state index is 0.109. The Morgan fingerprint density at radius 2 is 1.76 bits per heavy atom. The average Bonchev–Trinajstić information content (AvgIpc) is 2.67. The van der Waals surface area contributed by atoms with Crippen LogP contribution in [0.25, 0.3) is 0 Å². The number of furan rings is 1. The molecule has 0 aliphatic heterocycles. The Bertz CT molecular complexity index is 639. The van der Waals surface area contributed by atoms with Crippen molar-refractivity contribution in [2.75, 3.05) is 0 Å². The Morgan fingerprint density at radius 1 is 1.19 bits per heavy atom. The number of carbonyl (C=O) groups is 1. The number of hydrogen-bond acceptors (Lipinski definition) is 4. The highest BCUT2D eigenvalue weighted by Gasteiger charge is 2.33. The first kappa shape index (κ1) is 16.0. The van der Waals surface area contributed by atoms with E-state index in [1.807, 2.05) is 0 Å². The Morgan fingerprint density at radius 3 is 2.29 bits per heavy atom. The van der Waals surface area contributed by atoms with E-state index in [1.54, 1.807) is 0 Å². The third-order valence-corrected chi connectivity index (χ3v) is 5.70. The molecule has 2 N–H and O–H groups in total. The molecule has 2 rings (SSSR count). The Labute approximate surface area is 124 Å². The van der Waals surface area contributed by atoms with Gasteiger partial charge in [-0.05, 0) is 45.4 Å². The van der Waals surface area contributed by atoms with Crippen molar-refractivity contribution >= 4 is 16.0 Å². The number of nitrogens with one attached hydrogen (secondary N) is 1. The van der Waals surface area contributed by atoms with Crippen LogP contribution < -0.4 is 4.72 Å². The second-order valence-electron chi connectivity index (χ2n) is 5.80. The predicted octanol–water partition coefficient (Wildman–Crippen LogP) is 2.45. The maximum atomic E-state index is 12.5. The molecule has 1 saturated carbocycles. The first-order valence-electron chi connectivity index (χ1n) is 7.08. The second kappa shape index (κ2) is 5.81. The molecule has 0 unspecified atom stereocenters. The van der Waals surface area contributed by atoms with Gasteiger partial charge in [-0.1, -0.05) is 6.92 Å². The van der Waals surface area contributed by atoms with Crippen molar-refractivity contribution in [1.82, 2.24) is 4.72 Å². The number of sulfonamides is 1. The number of carboxylic acid groups (broad SMARTS) is 1.